The number of hydrogen-bond acceptors (Lipinski definition) is 7. The van der Waals surface area contributed by atoms with Gasteiger partial charge in [0, 0.05) is 37.2 Å². The first-order valence-electron chi connectivity index (χ1n) is 8.28. The molecule has 2 heterocycles. The fraction of sp³-hybridized carbons (Fsp3) is 0.263. The third-order valence-electron chi connectivity index (χ3n) is 4.19. The number of carbonyl (C=O) groups is 2. The third kappa shape index (κ3) is 3.48. The van der Waals surface area contributed by atoms with E-state index in [1.807, 2.05) is 18.2 Å². The van der Waals surface area contributed by atoms with E-state index in [2.05, 4.69) is 10.6 Å². The van der Waals surface area contributed by atoms with Gasteiger partial charge in [-0.2, -0.15) is 0 Å². The highest BCUT2D eigenvalue weighted by Crippen LogP contribution is 2.30. The minimum absolute atomic E-state index is 0.110. The molecule has 0 saturated heterocycles. The molecule has 0 unspecified atom stereocenters. The number of nitrogens with one attached hydrogen (secondary N) is 2. The van der Waals surface area contributed by atoms with E-state index in [1.165, 1.54) is 14.2 Å². The number of fused-ring (bicyclic) bond motifs is 1. The standard InChI is InChI=1S/C19H21N3O4/c1-25-18(23)15-5-3-4-10-22(17(15)19(24)26-2)14-6-7-16-13(11-14)12-20-8-9-21-16/h3-7,10-11,20-21H,8-9,12H2,1-2H3. The number of esters is 2. The summed E-state index contributed by atoms with van der Waals surface area (Å²) >= 11 is 0. The highest BCUT2D eigenvalue weighted by atomic mass is 16.5. The van der Waals surface area contributed by atoms with E-state index in [1.54, 1.807) is 29.3 Å². The Balaban J connectivity index is 2.10. The smallest absolute Gasteiger partial charge is 0.355 e. The lowest BCUT2D eigenvalue weighted by Crippen LogP contribution is -2.27. The van der Waals surface area contributed by atoms with Crippen molar-refractivity contribution in [3.63, 3.8) is 0 Å². The van der Waals surface area contributed by atoms with Gasteiger partial charge in [0.25, 0.3) is 0 Å². The maximum atomic E-state index is 12.5. The molecule has 0 aliphatic carbocycles. The molecule has 1 aromatic rings. The van der Waals surface area contributed by atoms with E-state index in [4.69, 9.17) is 9.47 Å². The Bertz CT molecular complexity index is 811. The zero-order chi connectivity index (χ0) is 18.5. The quantitative estimate of drug-likeness (QED) is 0.799. The Hall–Kier alpha value is -3.06. The van der Waals surface area contributed by atoms with Crippen LogP contribution in [0.4, 0.5) is 11.4 Å². The van der Waals surface area contributed by atoms with E-state index in [9.17, 15) is 9.59 Å². The third-order valence-corrected chi connectivity index (χ3v) is 4.19. The summed E-state index contributed by atoms with van der Waals surface area (Å²) in [6.07, 6.45) is 6.70. The average molecular weight is 355 g/mol. The van der Waals surface area contributed by atoms with Gasteiger partial charge in [-0.25, -0.2) is 9.59 Å². The summed E-state index contributed by atoms with van der Waals surface area (Å²) in [6.45, 7) is 2.43. The Morgan fingerprint density at radius 2 is 1.88 bits per heavy atom. The Morgan fingerprint density at radius 1 is 1.08 bits per heavy atom. The molecule has 136 valence electrons. The normalized spacial score (nSPS) is 16.3. The van der Waals surface area contributed by atoms with Gasteiger partial charge in [-0.3, -0.25) is 0 Å². The molecule has 0 fully saturated rings. The van der Waals surface area contributed by atoms with Gasteiger partial charge in [0.15, 0.2) is 0 Å². The van der Waals surface area contributed by atoms with Crippen molar-refractivity contribution in [1.29, 1.82) is 0 Å². The molecule has 1 aromatic carbocycles. The van der Waals surface area contributed by atoms with Gasteiger partial charge in [0.2, 0.25) is 0 Å². The molecule has 3 rings (SSSR count). The van der Waals surface area contributed by atoms with Crippen LogP contribution in [0.5, 0.6) is 0 Å². The first-order chi connectivity index (χ1) is 12.7. The molecule has 2 N–H and O–H groups in total. The van der Waals surface area contributed by atoms with Crippen LogP contribution in [-0.4, -0.2) is 39.2 Å². The minimum atomic E-state index is -0.618. The minimum Gasteiger partial charge on any atom is -0.465 e. The van der Waals surface area contributed by atoms with E-state index in [-0.39, 0.29) is 11.3 Å². The second-order valence-electron chi connectivity index (χ2n) is 5.76. The predicted molar refractivity (Wildman–Crippen MR) is 98.5 cm³/mol. The van der Waals surface area contributed by atoms with Gasteiger partial charge in [0.05, 0.1) is 19.8 Å². The first kappa shape index (κ1) is 17.8. The van der Waals surface area contributed by atoms with Gasteiger partial charge < -0.3 is 25.0 Å². The first-order valence-corrected chi connectivity index (χ1v) is 8.28. The molecule has 2 aliphatic rings. The van der Waals surface area contributed by atoms with Crippen molar-refractivity contribution < 1.29 is 19.1 Å². The maximum absolute atomic E-state index is 12.5. The van der Waals surface area contributed by atoms with Gasteiger partial charge >= 0.3 is 11.9 Å². The monoisotopic (exact) mass is 355 g/mol. The van der Waals surface area contributed by atoms with Crippen LogP contribution >= 0.6 is 0 Å². The maximum Gasteiger partial charge on any atom is 0.355 e. The van der Waals surface area contributed by atoms with Gasteiger partial charge in [-0.15, -0.1) is 0 Å². The molecule has 0 spiro atoms. The predicted octanol–water partition coefficient (Wildman–Crippen LogP) is 1.69. The summed E-state index contributed by atoms with van der Waals surface area (Å²) in [6, 6.07) is 5.84. The Morgan fingerprint density at radius 3 is 2.65 bits per heavy atom. The summed E-state index contributed by atoms with van der Waals surface area (Å²) in [7, 11) is 2.56. The molecular weight excluding hydrogens is 334 g/mol. The van der Waals surface area contributed by atoms with Crippen molar-refractivity contribution in [2.45, 2.75) is 6.54 Å². The summed E-state index contributed by atoms with van der Waals surface area (Å²) in [5.74, 6) is -1.22. The van der Waals surface area contributed by atoms with Crippen LogP contribution in [0.25, 0.3) is 0 Å². The highest BCUT2D eigenvalue weighted by Gasteiger charge is 2.27. The molecule has 0 atom stereocenters. The van der Waals surface area contributed by atoms with Crippen molar-refractivity contribution in [2.24, 2.45) is 0 Å². The lowest BCUT2D eigenvalue weighted by atomic mass is 10.1. The van der Waals surface area contributed by atoms with Crippen molar-refractivity contribution in [2.75, 3.05) is 37.5 Å². The van der Waals surface area contributed by atoms with Crippen molar-refractivity contribution in [3.8, 4) is 0 Å². The molecule has 7 nitrogen and oxygen atoms in total. The second-order valence-corrected chi connectivity index (χ2v) is 5.76. The Kier molecular flexibility index (Phi) is 5.38. The van der Waals surface area contributed by atoms with Gasteiger partial charge in [-0.05, 0) is 35.9 Å². The van der Waals surface area contributed by atoms with Crippen molar-refractivity contribution >= 4 is 23.3 Å². The zero-order valence-electron chi connectivity index (χ0n) is 14.7. The number of rotatable bonds is 3. The number of hydrogen-bond donors (Lipinski definition) is 2. The van der Waals surface area contributed by atoms with Crippen molar-refractivity contribution in [3.05, 3.63) is 59.5 Å². The summed E-state index contributed by atoms with van der Waals surface area (Å²) < 4.78 is 9.75. The van der Waals surface area contributed by atoms with E-state index < -0.39 is 11.9 Å². The molecule has 0 saturated carbocycles. The molecule has 0 bridgehead atoms. The lowest BCUT2D eigenvalue weighted by molar-refractivity contribution is -0.139. The summed E-state index contributed by atoms with van der Waals surface area (Å²) in [4.78, 5) is 26.3. The number of ether oxygens (including phenoxy) is 2. The Labute approximate surface area is 152 Å². The lowest BCUT2D eigenvalue weighted by Gasteiger charge is -2.24. The van der Waals surface area contributed by atoms with Crippen LogP contribution in [0.15, 0.2) is 53.9 Å². The molecular formula is C19H21N3O4. The van der Waals surface area contributed by atoms with Gasteiger partial charge in [0.1, 0.15) is 5.70 Å². The number of allylic oxidation sites excluding steroid dienone is 2. The van der Waals surface area contributed by atoms with E-state index >= 15 is 0 Å². The number of carbonyl (C=O) groups excluding carboxylic acids is 2. The number of methoxy groups -OCH3 is 2. The number of benzene rings is 1. The fourth-order valence-electron chi connectivity index (χ4n) is 2.92. The topological polar surface area (TPSA) is 79.9 Å². The zero-order valence-corrected chi connectivity index (χ0v) is 14.7. The van der Waals surface area contributed by atoms with Gasteiger partial charge in [-0.1, -0.05) is 6.08 Å². The summed E-state index contributed by atoms with van der Waals surface area (Å²) in [5, 5.41) is 6.70. The highest BCUT2D eigenvalue weighted by molar-refractivity contribution is 6.05. The van der Waals surface area contributed by atoms with E-state index in [0.29, 0.717) is 6.54 Å². The van der Waals surface area contributed by atoms with Crippen LogP contribution in [0.3, 0.4) is 0 Å². The molecule has 0 radical (unpaired) electrons. The van der Waals surface area contributed by atoms with Crippen LogP contribution in [0.1, 0.15) is 5.56 Å². The largest absolute Gasteiger partial charge is 0.465 e. The fourth-order valence-corrected chi connectivity index (χ4v) is 2.92. The SMILES string of the molecule is COC(=O)C1=C(C(=O)OC)N(c2ccc3c(c2)CNCCN3)C=CC=C1. The molecule has 0 amide bonds. The number of nitrogens with zero attached hydrogens (tertiary/aromatic N) is 1. The average Bonchev–Trinajstić information content (AvgIpc) is 3.04. The molecule has 0 aromatic heterocycles. The molecule has 26 heavy (non-hydrogen) atoms. The molecule has 2 aliphatic heterocycles. The van der Waals surface area contributed by atoms with Crippen LogP contribution in [0, 0.1) is 0 Å². The van der Waals surface area contributed by atoms with Crippen LogP contribution in [-0.2, 0) is 25.6 Å². The van der Waals surface area contributed by atoms with Crippen LogP contribution in [0.2, 0.25) is 0 Å². The molecule has 7 heteroatoms. The van der Waals surface area contributed by atoms with Crippen LogP contribution < -0.4 is 15.5 Å². The van der Waals surface area contributed by atoms with E-state index in [0.717, 1.165) is 30.0 Å². The number of anilines is 2. The van der Waals surface area contributed by atoms with Crippen molar-refractivity contribution in [1.82, 2.24) is 5.32 Å². The summed E-state index contributed by atoms with van der Waals surface area (Å²) in [5.41, 5.74) is 3.12. The second kappa shape index (κ2) is 7.88.